The number of carbonyl (C=O) groups excluding carboxylic acids is 1. The maximum absolute atomic E-state index is 12.2. The largest absolute Gasteiger partial charge is 0.351 e. The molecule has 1 aromatic rings. The number of rotatable bonds is 8. The number of hydrogen-bond donors (Lipinski definition) is 2. The molecule has 1 saturated heterocycles. The second kappa shape index (κ2) is 9.30. The van der Waals surface area contributed by atoms with Crippen molar-refractivity contribution in [2.24, 2.45) is 11.8 Å². The van der Waals surface area contributed by atoms with E-state index in [9.17, 15) is 13.2 Å². The van der Waals surface area contributed by atoms with Crippen molar-refractivity contribution in [3.8, 4) is 0 Å². The predicted octanol–water partition coefficient (Wildman–Crippen LogP) is 1.86. The van der Waals surface area contributed by atoms with Crippen molar-refractivity contribution in [1.82, 2.24) is 14.9 Å². The molecule has 1 aliphatic heterocycles. The minimum Gasteiger partial charge on any atom is -0.351 e. The maximum Gasteiger partial charge on any atom is 0.251 e. The van der Waals surface area contributed by atoms with Crippen molar-refractivity contribution in [2.45, 2.75) is 25.2 Å². The van der Waals surface area contributed by atoms with Crippen LogP contribution >= 0.6 is 0 Å². The summed E-state index contributed by atoms with van der Waals surface area (Å²) in [5.74, 6) is 1.20. The third kappa shape index (κ3) is 5.93. The van der Waals surface area contributed by atoms with Crippen molar-refractivity contribution >= 4 is 15.9 Å². The average molecular weight is 380 g/mol. The van der Waals surface area contributed by atoms with E-state index in [1.165, 1.54) is 36.8 Å². The third-order valence-corrected chi connectivity index (χ3v) is 5.94. The number of nitrogens with zero attached hydrogens (tertiary/aromatic N) is 1. The molecule has 26 heavy (non-hydrogen) atoms. The van der Waals surface area contributed by atoms with Crippen LogP contribution in [0.25, 0.3) is 0 Å². The minimum absolute atomic E-state index is 0.132. The highest BCUT2D eigenvalue weighted by Crippen LogP contribution is 2.20. The molecule has 6 nitrogen and oxygen atoms in total. The molecule has 7 heteroatoms. The molecule has 2 atom stereocenters. The van der Waals surface area contributed by atoms with Crippen LogP contribution in [0.5, 0.6) is 0 Å². The average Bonchev–Trinajstić information content (AvgIpc) is 2.59. The number of amides is 1. The van der Waals surface area contributed by atoms with Crippen LogP contribution in [0.1, 0.15) is 30.6 Å². The van der Waals surface area contributed by atoms with Gasteiger partial charge in [0.05, 0.1) is 4.90 Å². The molecule has 0 saturated carbocycles. The van der Waals surface area contributed by atoms with Gasteiger partial charge in [0.15, 0.2) is 0 Å². The molecule has 1 aliphatic rings. The van der Waals surface area contributed by atoms with Gasteiger partial charge in [-0.3, -0.25) is 4.79 Å². The van der Waals surface area contributed by atoms with Gasteiger partial charge >= 0.3 is 0 Å². The van der Waals surface area contributed by atoms with E-state index in [0.29, 0.717) is 23.9 Å². The molecule has 1 heterocycles. The Morgan fingerprint density at radius 3 is 2.42 bits per heavy atom. The lowest BCUT2D eigenvalue weighted by Crippen LogP contribution is -2.42. The van der Waals surface area contributed by atoms with Gasteiger partial charge in [0.2, 0.25) is 10.0 Å². The molecular weight excluding hydrogens is 350 g/mol. The number of benzene rings is 1. The lowest BCUT2D eigenvalue weighted by molar-refractivity contribution is 0.0936. The summed E-state index contributed by atoms with van der Waals surface area (Å²) in [7, 11) is -3.57. The minimum atomic E-state index is -3.57. The summed E-state index contributed by atoms with van der Waals surface area (Å²) in [6.07, 6.45) is 2.74. The topological polar surface area (TPSA) is 78.5 Å². The van der Waals surface area contributed by atoms with Crippen LogP contribution in [0.2, 0.25) is 0 Å². The van der Waals surface area contributed by atoms with Gasteiger partial charge in [0.25, 0.3) is 5.91 Å². The van der Waals surface area contributed by atoms with E-state index in [0.717, 1.165) is 19.6 Å². The van der Waals surface area contributed by atoms with Crippen LogP contribution in [0.15, 0.2) is 41.8 Å². The Balaban J connectivity index is 1.85. The number of hydrogen-bond acceptors (Lipinski definition) is 4. The number of nitrogens with one attached hydrogen (secondary N) is 2. The fourth-order valence-electron chi connectivity index (χ4n) is 3.44. The van der Waals surface area contributed by atoms with Gasteiger partial charge in [0, 0.05) is 38.3 Å². The number of likely N-dealkylation sites (tertiary alicyclic amines) is 1. The van der Waals surface area contributed by atoms with Crippen molar-refractivity contribution in [3.05, 3.63) is 42.5 Å². The first kappa shape index (κ1) is 20.6. The first-order chi connectivity index (χ1) is 12.3. The predicted molar refractivity (Wildman–Crippen MR) is 104 cm³/mol. The number of carbonyl (C=O) groups is 1. The Hall–Kier alpha value is -1.70. The maximum atomic E-state index is 12.2. The van der Waals surface area contributed by atoms with Crippen LogP contribution in [0.3, 0.4) is 0 Å². The molecule has 1 fully saturated rings. The van der Waals surface area contributed by atoms with Crippen LogP contribution in [0, 0.1) is 11.8 Å². The van der Waals surface area contributed by atoms with Gasteiger partial charge in [-0.2, -0.15) is 0 Å². The zero-order valence-electron chi connectivity index (χ0n) is 15.6. The highest BCUT2D eigenvalue weighted by atomic mass is 32.2. The fraction of sp³-hybridized carbons (Fsp3) is 0.526. The highest BCUT2D eigenvalue weighted by molar-refractivity contribution is 7.89. The molecule has 2 rings (SSSR count). The first-order valence-electron chi connectivity index (χ1n) is 9.03. The molecule has 2 N–H and O–H groups in total. The molecule has 0 spiro atoms. The van der Waals surface area contributed by atoms with E-state index in [1.807, 2.05) is 0 Å². The molecule has 0 aliphatic carbocycles. The number of sulfonamides is 1. The Morgan fingerprint density at radius 1 is 1.23 bits per heavy atom. The molecule has 144 valence electrons. The Kier molecular flexibility index (Phi) is 7.37. The van der Waals surface area contributed by atoms with Crippen molar-refractivity contribution < 1.29 is 13.2 Å². The Labute approximate surface area is 156 Å². The summed E-state index contributed by atoms with van der Waals surface area (Å²) < 4.78 is 26.4. The second-order valence-electron chi connectivity index (χ2n) is 7.13. The molecule has 0 aromatic heterocycles. The van der Waals surface area contributed by atoms with Crippen LogP contribution in [-0.2, 0) is 10.0 Å². The number of piperidine rings is 1. The van der Waals surface area contributed by atoms with E-state index >= 15 is 0 Å². The monoisotopic (exact) mass is 379 g/mol. The smallest absolute Gasteiger partial charge is 0.251 e. The van der Waals surface area contributed by atoms with Crippen LogP contribution in [0.4, 0.5) is 0 Å². The van der Waals surface area contributed by atoms with E-state index < -0.39 is 10.0 Å². The summed E-state index contributed by atoms with van der Waals surface area (Å²) in [6.45, 7) is 11.7. The lowest BCUT2D eigenvalue weighted by atomic mass is 9.92. The van der Waals surface area contributed by atoms with E-state index in [4.69, 9.17) is 0 Å². The zero-order valence-corrected chi connectivity index (χ0v) is 16.4. The van der Waals surface area contributed by atoms with Crippen LogP contribution < -0.4 is 10.0 Å². The van der Waals surface area contributed by atoms with E-state index in [1.54, 1.807) is 0 Å². The van der Waals surface area contributed by atoms with E-state index in [2.05, 4.69) is 35.4 Å². The summed E-state index contributed by atoms with van der Waals surface area (Å²) in [5, 5.41) is 2.91. The van der Waals surface area contributed by atoms with Crippen LogP contribution in [-0.4, -0.2) is 51.9 Å². The summed E-state index contributed by atoms with van der Waals surface area (Å²) in [6, 6.07) is 5.94. The standard InChI is InChI=1S/C19H29N3O3S/c1-4-9-21-26(24,25)18-7-5-17(6-8-18)19(23)20-10-11-22-13-15(2)12-16(3)14-22/h4-8,15-16,21H,1,9-14H2,2-3H3,(H,20,23)/t15-,16+. The summed E-state index contributed by atoms with van der Waals surface area (Å²) >= 11 is 0. The van der Waals surface area contributed by atoms with Gasteiger partial charge in [-0.15, -0.1) is 6.58 Å². The second-order valence-corrected chi connectivity index (χ2v) is 8.89. The van der Waals surface area contributed by atoms with Gasteiger partial charge in [-0.25, -0.2) is 13.1 Å². The van der Waals surface area contributed by atoms with Gasteiger partial charge < -0.3 is 10.2 Å². The quantitative estimate of drug-likeness (QED) is 0.676. The normalized spacial score (nSPS) is 21.3. The van der Waals surface area contributed by atoms with E-state index in [-0.39, 0.29) is 17.3 Å². The molecule has 0 radical (unpaired) electrons. The third-order valence-electron chi connectivity index (χ3n) is 4.50. The lowest BCUT2D eigenvalue weighted by Gasteiger charge is -2.34. The Bertz CT molecular complexity index is 706. The zero-order chi connectivity index (χ0) is 19.2. The SMILES string of the molecule is C=CCNS(=O)(=O)c1ccc(C(=O)NCCN2C[C@H](C)C[C@H](C)C2)cc1. The highest BCUT2D eigenvalue weighted by Gasteiger charge is 2.21. The fourth-order valence-corrected chi connectivity index (χ4v) is 4.44. The van der Waals surface area contributed by atoms with Crippen molar-refractivity contribution in [1.29, 1.82) is 0 Å². The van der Waals surface area contributed by atoms with Crippen molar-refractivity contribution in [2.75, 3.05) is 32.7 Å². The molecular formula is C19H29N3O3S. The van der Waals surface area contributed by atoms with Gasteiger partial charge in [-0.1, -0.05) is 19.9 Å². The molecule has 1 amide bonds. The van der Waals surface area contributed by atoms with Crippen molar-refractivity contribution in [3.63, 3.8) is 0 Å². The Morgan fingerprint density at radius 2 is 1.85 bits per heavy atom. The summed E-state index contributed by atoms with van der Waals surface area (Å²) in [4.78, 5) is 14.8. The first-order valence-corrected chi connectivity index (χ1v) is 10.5. The van der Waals surface area contributed by atoms with Gasteiger partial charge in [-0.05, 0) is 42.5 Å². The summed E-state index contributed by atoms with van der Waals surface area (Å²) in [5.41, 5.74) is 0.452. The van der Waals surface area contributed by atoms with Gasteiger partial charge in [0.1, 0.15) is 0 Å². The molecule has 0 unspecified atom stereocenters. The molecule has 0 bridgehead atoms. The molecule has 1 aromatic carbocycles.